The molecule has 0 N–H and O–H groups in total. The molecular formula is C29H28O5. The van der Waals surface area contributed by atoms with Crippen LogP contribution in [0.1, 0.15) is 63.7 Å². The number of fused-ring (bicyclic) bond motifs is 1. The molecule has 0 aromatic heterocycles. The second-order valence-electron chi connectivity index (χ2n) is 9.40. The number of ether oxygens (including phenoxy) is 3. The standard InChI is InChI=1S/C29H28O5/c1-18-14-23(33-17-20-6-10-21(11-7-20)28(31)32-5)16-24-26(18)27(30)25(34-24)15-19-8-12-22(13-9-19)29(2,3)4/h6-16H,17H2,1-5H3/b25-15-. The Balaban J connectivity index is 1.49. The van der Waals surface area contributed by atoms with Gasteiger partial charge in [-0.25, -0.2) is 4.79 Å². The van der Waals surface area contributed by atoms with Crippen LogP contribution in [-0.2, 0) is 16.8 Å². The molecule has 0 bridgehead atoms. The van der Waals surface area contributed by atoms with E-state index in [4.69, 9.17) is 14.2 Å². The van der Waals surface area contributed by atoms with Crippen molar-refractivity contribution in [1.82, 2.24) is 0 Å². The average Bonchev–Trinajstić information content (AvgIpc) is 3.12. The molecule has 3 aromatic carbocycles. The van der Waals surface area contributed by atoms with Gasteiger partial charge in [0, 0.05) is 6.07 Å². The predicted octanol–water partition coefficient (Wildman–Crippen LogP) is 6.27. The molecule has 0 atom stereocenters. The lowest BCUT2D eigenvalue weighted by Gasteiger charge is -2.18. The fourth-order valence-corrected chi connectivity index (χ4v) is 3.81. The Morgan fingerprint density at radius 1 is 1.00 bits per heavy atom. The van der Waals surface area contributed by atoms with Crippen LogP contribution < -0.4 is 9.47 Å². The van der Waals surface area contributed by atoms with E-state index in [0.29, 0.717) is 35.0 Å². The van der Waals surface area contributed by atoms with Gasteiger partial charge in [0.1, 0.15) is 18.1 Å². The fraction of sp³-hybridized carbons (Fsp3) is 0.241. The van der Waals surface area contributed by atoms with Crippen LogP contribution in [0.15, 0.2) is 66.4 Å². The monoisotopic (exact) mass is 456 g/mol. The van der Waals surface area contributed by atoms with Crippen molar-refractivity contribution in [3.8, 4) is 11.5 Å². The van der Waals surface area contributed by atoms with Crippen molar-refractivity contribution in [3.63, 3.8) is 0 Å². The Hall–Kier alpha value is -3.86. The first-order chi connectivity index (χ1) is 16.2. The molecule has 0 radical (unpaired) electrons. The Kier molecular flexibility index (Phi) is 6.29. The van der Waals surface area contributed by atoms with Crippen LogP contribution in [0.5, 0.6) is 11.5 Å². The highest BCUT2D eigenvalue weighted by Crippen LogP contribution is 2.38. The van der Waals surface area contributed by atoms with Crippen LogP contribution in [-0.4, -0.2) is 18.9 Å². The lowest BCUT2D eigenvalue weighted by molar-refractivity contribution is 0.0600. The quantitative estimate of drug-likeness (QED) is 0.334. The molecule has 0 unspecified atom stereocenters. The average molecular weight is 457 g/mol. The number of carbonyl (C=O) groups excluding carboxylic acids is 2. The third-order valence-corrected chi connectivity index (χ3v) is 5.80. The van der Waals surface area contributed by atoms with Gasteiger partial charge in [-0.1, -0.05) is 57.2 Å². The van der Waals surface area contributed by atoms with E-state index >= 15 is 0 Å². The van der Waals surface area contributed by atoms with Gasteiger partial charge in [0.25, 0.3) is 0 Å². The number of ketones is 1. The summed E-state index contributed by atoms with van der Waals surface area (Å²) in [7, 11) is 1.35. The van der Waals surface area contributed by atoms with E-state index in [1.54, 1.807) is 24.3 Å². The molecule has 5 nitrogen and oxygen atoms in total. The minimum Gasteiger partial charge on any atom is -0.489 e. The van der Waals surface area contributed by atoms with Crippen LogP contribution in [0, 0.1) is 6.92 Å². The summed E-state index contributed by atoms with van der Waals surface area (Å²) in [5.74, 6) is 0.905. The number of benzene rings is 3. The maximum atomic E-state index is 13.0. The number of allylic oxidation sites excluding steroid dienone is 1. The number of esters is 1. The maximum Gasteiger partial charge on any atom is 0.337 e. The first kappa shape index (κ1) is 23.3. The minimum atomic E-state index is -0.377. The fourth-order valence-electron chi connectivity index (χ4n) is 3.81. The zero-order valence-corrected chi connectivity index (χ0v) is 20.1. The second-order valence-corrected chi connectivity index (χ2v) is 9.40. The van der Waals surface area contributed by atoms with Crippen LogP contribution in [0.3, 0.4) is 0 Å². The summed E-state index contributed by atoms with van der Waals surface area (Å²) in [6, 6.07) is 18.8. The molecular weight excluding hydrogens is 428 g/mol. The van der Waals surface area contributed by atoms with Crippen molar-refractivity contribution in [2.24, 2.45) is 0 Å². The first-order valence-corrected chi connectivity index (χ1v) is 11.2. The van der Waals surface area contributed by atoms with Crippen LogP contribution in [0.2, 0.25) is 0 Å². The van der Waals surface area contributed by atoms with Crippen molar-refractivity contribution < 1.29 is 23.8 Å². The Morgan fingerprint density at radius 3 is 2.29 bits per heavy atom. The molecule has 0 amide bonds. The molecule has 4 rings (SSSR count). The number of methoxy groups -OCH3 is 1. The molecule has 1 aliphatic rings. The van der Waals surface area contributed by atoms with Gasteiger partial charge in [0.05, 0.1) is 18.2 Å². The Morgan fingerprint density at radius 2 is 1.68 bits per heavy atom. The van der Waals surface area contributed by atoms with E-state index < -0.39 is 0 Å². The topological polar surface area (TPSA) is 61.8 Å². The van der Waals surface area contributed by atoms with Gasteiger partial charge in [-0.05, 0) is 58.9 Å². The number of hydrogen-bond acceptors (Lipinski definition) is 5. The second kappa shape index (κ2) is 9.18. The molecule has 5 heteroatoms. The summed E-state index contributed by atoms with van der Waals surface area (Å²) in [5.41, 5.74) is 4.96. The molecule has 1 aliphatic heterocycles. The zero-order valence-electron chi connectivity index (χ0n) is 20.1. The van der Waals surface area contributed by atoms with E-state index in [-0.39, 0.29) is 17.2 Å². The zero-order chi connectivity index (χ0) is 24.5. The summed E-state index contributed by atoms with van der Waals surface area (Å²) in [6.45, 7) is 8.69. The maximum absolute atomic E-state index is 13.0. The van der Waals surface area contributed by atoms with E-state index in [1.165, 1.54) is 12.7 Å². The highest BCUT2D eigenvalue weighted by atomic mass is 16.5. The molecule has 0 saturated carbocycles. The van der Waals surface area contributed by atoms with Crippen molar-refractivity contribution in [3.05, 3.63) is 99.8 Å². The van der Waals surface area contributed by atoms with Gasteiger partial charge in [0.15, 0.2) is 5.76 Å². The van der Waals surface area contributed by atoms with Crippen molar-refractivity contribution in [2.45, 2.75) is 39.7 Å². The normalized spacial score (nSPS) is 14.0. The summed E-state index contributed by atoms with van der Waals surface area (Å²) in [4.78, 5) is 24.6. The highest BCUT2D eigenvalue weighted by molar-refractivity contribution is 6.15. The number of hydrogen-bond donors (Lipinski definition) is 0. The van der Waals surface area contributed by atoms with Crippen molar-refractivity contribution in [1.29, 1.82) is 0 Å². The van der Waals surface area contributed by atoms with Gasteiger partial charge in [-0.15, -0.1) is 0 Å². The third-order valence-electron chi connectivity index (χ3n) is 5.80. The molecule has 0 spiro atoms. The van der Waals surface area contributed by atoms with Gasteiger partial charge < -0.3 is 14.2 Å². The summed E-state index contributed by atoms with van der Waals surface area (Å²) in [6.07, 6.45) is 1.78. The summed E-state index contributed by atoms with van der Waals surface area (Å²) >= 11 is 0. The van der Waals surface area contributed by atoms with E-state index in [9.17, 15) is 9.59 Å². The molecule has 174 valence electrons. The SMILES string of the molecule is COC(=O)c1ccc(COc2cc(C)c3c(c2)O/C(=C\c2ccc(C(C)(C)C)cc2)C3=O)cc1. The number of rotatable bonds is 5. The largest absolute Gasteiger partial charge is 0.489 e. The van der Waals surface area contributed by atoms with Gasteiger partial charge >= 0.3 is 5.97 Å². The lowest BCUT2D eigenvalue weighted by Crippen LogP contribution is -2.10. The van der Waals surface area contributed by atoms with E-state index in [1.807, 2.05) is 37.3 Å². The smallest absolute Gasteiger partial charge is 0.337 e. The van der Waals surface area contributed by atoms with E-state index in [2.05, 4.69) is 32.9 Å². The van der Waals surface area contributed by atoms with Crippen molar-refractivity contribution in [2.75, 3.05) is 7.11 Å². The molecule has 0 saturated heterocycles. The summed E-state index contributed by atoms with van der Waals surface area (Å²) < 4.78 is 16.6. The summed E-state index contributed by atoms with van der Waals surface area (Å²) in [5, 5.41) is 0. The van der Waals surface area contributed by atoms with Gasteiger partial charge in [-0.2, -0.15) is 0 Å². The molecule has 1 heterocycles. The third kappa shape index (κ3) is 4.88. The predicted molar refractivity (Wildman–Crippen MR) is 131 cm³/mol. The Bertz CT molecular complexity index is 1260. The van der Waals surface area contributed by atoms with Crippen LogP contribution in [0.4, 0.5) is 0 Å². The van der Waals surface area contributed by atoms with E-state index in [0.717, 1.165) is 16.7 Å². The van der Waals surface area contributed by atoms with Gasteiger partial charge in [0.2, 0.25) is 5.78 Å². The van der Waals surface area contributed by atoms with Crippen LogP contribution >= 0.6 is 0 Å². The Labute approximate surface area is 200 Å². The lowest BCUT2D eigenvalue weighted by atomic mass is 9.86. The number of aryl methyl sites for hydroxylation is 1. The number of Topliss-reactive ketones (excluding diaryl/α,β-unsaturated/α-hetero) is 1. The highest BCUT2D eigenvalue weighted by Gasteiger charge is 2.30. The molecule has 3 aromatic rings. The van der Waals surface area contributed by atoms with Crippen LogP contribution in [0.25, 0.3) is 6.08 Å². The minimum absolute atomic E-state index is 0.0679. The first-order valence-electron chi connectivity index (χ1n) is 11.2. The number of carbonyl (C=O) groups is 2. The molecule has 34 heavy (non-hydrogen) atoms. The van der Waals surface area contributed by atoms with Gasteiger partial charge in [-0.3, -0.25) is 4.79 Å². The van der Waals surface area contributed by atoms with Crippen molar-refractivity contribution >= 4 is 17.8 Å². The molecule has 0 aliphatic carbocycles. The molecule has 0 fully saturated rings.